The summed E-state index contributed by atoms with van der Waals surface area (Å²) in [6, 6.07) is 9.55. The molecule has 1 heterocycles. The van der Waals surface area contributed by atoms with Gasteiger partial charge in [-0.25, -0.2) is 0 Å². The highest BCUT2D eigenvalue weighted by Gasteiger charge is 2.21. The third-order valence-corrected chi connectivity index (χ3v) is 4.20. The molecule has 1 aromatic heterocycles. The number of benzene rings is 1. The van der Waals surface area contributed by atoms with E-state index >= 15 is 0 Å². The van der Waals surface area contributed by atoms with Crippen LogP contribution in [0.3, 0.4) is 0 Å². The van der Waals surface area contributed by atoms with Crippen molar-refractivity contribution in [1.82, 2.24) is 0 Å². The molecule has 1 aromatic carbocycles. The monoisotopic (exact) mass is 344 g/mol. The van der Waals surface area contributed by atoms with Gasteiger partial charge in [-0.15, -0.1) is 11.3 Å². The molecule has 21 heavy (non-hydrogen) atoms. The van der Waals surface area contributed by atoms with E-state index in [0.29, 0.717) is 27.2 Å². The molecule has 2 aromatic rings. The van der Waals surface area contributed by atoms with Crippen molar-refractivity contribution >= 4 is 52.0 Å². The largest absolute Gasteiger partial charge is 0.376 e. The Morgan fingerprint density at radius 1 is 1.33 bits per heavy atom. The molecule has 0 unspecified atom stereocenters. The molecule has 0 spiro atoms. The van der Waals surface area contributed by atoms with Crippen LogP contribution in [0.1, 0.15) is 9.67 Å². The Morgan fingerprint density at radius 3 is 2.67 bits per heavy atom. The topological polar surface area (TPSA) is 46.3 Å². The molecule has 0 radical (unpaired) electrons. The minimum Gasteiger partial charge on any atom is -0.376 e. The summed E-state index contributed by atoms with van der Waals surface area (Å²) >= 11 is 6.57. The van der Waals surface area contributed by atoms with Crippen molar-refractivity contribution in [1.29, 1.82) is 0 Å². The second-order valence-electron chi connectivity index (χ2n) is 3.83. The number of rotatable bonds is 4. The van der Waals surface area contributed by atoms with Crippen LogP contribution in [0, 0.1) is 0 Å². The van der Waals surface area contributed by atoms with E-state index in [0.717, 1.165) is 4.90 Å². The van der Waals surface area contributed by atoms with E-state index in [1.54, 1.807) is 29.6 Å². The molecule has 1 amide bonds. The molecule has 0 saturated carbocycles. The zero-order chi connectivity index (χ0) is 15.4. The quantitative estimate of drug-likeness (QED) is 0.674. The van der Waals surface area contributed by atoms with Crippen LogP contribution in [0.4, 0.5) is 14.5 Å². The highest BCUT2D eigenvalue weighted by Crippen LogP contribution is 2.29. The van der Waals surface area contributed by atoms with Gasteiger partial charge < -0.3 is 5.73 Å². The number of carbonyl (C=O) groups excluding carboxylic acids is 1. The first-order valence-corrected chi connectivity index (χ1v) is 7.88. The normalized spacial score (nSPS) is 10.6. The number of thioether (sulfide) groups is 1. The molecule has 0 bridgehead atoms. The molecule has 3 nitrogen and oxygen atoms in total. The highest BCUT2D eigenvalue weighted by atomic mass is 32.2. The fraction of sp³-hybridized carbons (Fsp3) is 0.0769. The van der Waals surface area contributed by atoms with Crippen LogP contribution in [-0.2, 0) is 0 Å². The van der Waals surface area contributed by atoms with E-state index in [1.165, 1.54) is 23.5 Å². The Balaban J connectivity index is 2.35. The summed E-state index contributed by atoms with van der Waals surface area (Å²) in [5.74, 6) is -2.91. The maximum absolute atomic E-state index is 12.4. The van der Waals surface area contributed by atoms with Gasteiger partial charge in [0.2, 0.25) is 0 Å². The summed E-state index contributed by atoms with van der Waals surface area (Å²) in [5, 5.41) is 1.63. The van der Waals surface area contributed by atoms with Gasteiger partial charge >= 0.3 is 0 Å². The zero-order valence-corrected chi connectivity index (χ0v) is 13.0. The van der Waals surface area contributed by atoms with E-state index in [4.69, 9.17) is 18.0 Å². The fourth-order valence-corrected chi connectivity index (χ4v) is 3.05. The number of carbonyl (C=O) groups is 1. The summed E-state index contributed by atoms with van der Waals surface area (Å²) in [4.78, 5) is 14.3. The number of nitrogens with zero attached hydrogens (tertiary/aromatic N) is 1. The van der Waals surface area contributed by atoms with E-state index in [-0.39, 0.29) is 11.0 Å². The smallest absolute Gasteiger partial charge is 0.288 e. The molecule has 0 saturated heterocycles. The lowest BCUT2D eigenvalue weighted by Crippen LogP contribution is -2.40. The van der Waals surface area contributed by atoms with Crippen molar-refractivity contribution in [2.45, 2.75) is 10.7 Å². The van der Waals surface area contributed by atoms with E-state index in [9.17, 15) is 13.6 Å². The van der Waals surface area contributed by atoms with E-state index in [2.05, 4.69) is 0 Å². The minimum atomic E-state index is -2.54. The number of anilines is 1. The number of thiocarbonyl (C=S) groups is 1. The predicted octanol–water partition coefficient (Wildman–Crippen LogP) is 3.95. The molecule has 0 aliphatic carbocycles. The van der Waals surface area contributed by atoms with Crippen molar-refractivity contribution in [3.8, 4) is 0 Å². The lowest BCUT2D eigenvalue weighted by molar-refractivity contribution is 0.101. The molecule has 2 N–H and O–H groups in total. The van der Waals surface area contributed by atoms with Crippen molar-refractivity contribution in [2.75, 3.05) is 4.90 Å². The van der Waals surface area contributed by atoms with Crippen molar-refractivity contribution < 1.29 is 13.6 Å². The van der Waals surface area contributed by atoms with Gasteiger partial charge in [0.15, 0.2) is 5.11 Å². The van der Waals surface area contributed by atoms with Gasteiger partial charge in [0.05, 0.1) is 10.6 Å². The van der Waals surface area contributed by atoms with Gasteiger partial charge in [-0.2, -0.15) is 8.78 Å². The zero-order valence-electron chi connectivity index (χ0n) is 10.5. The molecule has 0 aliphatic heterocycles. The van der Waals surface area contributed by atoms with E-state index < -0.39 is 5.76 Å². The third-order valence-electron chi connectivity index (χ3n) is 2.46. The summed E-state index contributed by atoms with van der Waals surface area (Å²) in [5.41, 5.74) is 5.98. The summed E-state index contributed by atoms with van der Waals surface area (Å²) < 4.78 is 24.9. The average molecular weight is 344 g/mol. The molecule has 0 fully saturated rings. The van der Waals surface area contributed by atoms with Crippen LogP contribution in [0.5, 0.6) is 0 Å². The Hall–Kier alpha value is -1.51. The SMILES string of the molecule is NC(=S)N(C(=O)c1cccs1)c1cccc(SC(F)F)c1. The standard InChI is InChI=1S/C13H10F2N2OS3/c14-12(15)21-9-4-1-3-8(7-9)17(13(16)19)11(18)10-5-2-6-20-10/h1-7,12H,(H2,16,19). The number of nitrogens with two attached hydrogens (primary N) is 1. The molecule has 110 valence electrons. The van der Waals surface area contributed by atoms with Crippen LogP contribution in [0.25, 0.3) is 0 Å². The first kappa shape index (κ1) is 15.9. The van der Waals surface area contributed by atoms with Crippen LogP contribution in [0.15, 0.2) is 46.7 Å². The number of halogens is 2. The highest BCUT2D eigenvalue weighted by molar-refractivity contribution is 7.99. The molecule has 0 atom stereocenters. The van der Waals surface area contributed by atoms with Crippen LogP contribution in [-0.4, -0.2) is 16.8 Å². The van der Waals surface area contributed by atoms with Crippen LogP contribution >= 0.6 is 35.3 Å². The van der Waals surface area contributed by atoms with Gasteiger partial charge in [0, 0.05) is 4.90 Å². The van der Waals surface area contributed by atoms with Crippen LogP contribution < -0.4 is 10.6 Å². The average Bonchev–Trinajstić information content (AvgIpc) is 2.91. The fourth-order valence-electron chi connectivity index (χ4n) is 1.65. The van der Waals surface area contributed by atoms with Crippen molar-refractivity contribution in [3.05, 3.63) is 46.7 Å². The van der Waals surface area contributed by atoms with Gasteiger partial charge in [-0.1, -0.05) is 23.9 Å². The summed E-state index contributed by atoms with van der Waals surface area (Å²) in [6.45, 7) is 0. The van der Waals surface area contributed by atoms with E-state index in [1.807, 2.05) is 0 Å². The lowest BCUT2D eigenvalue weighted by Gasteiger charge is -2.20. The van der Waals surface area contributed by atoms with Gasteiger partial charge in [-0.05, 0) is 41.9 Å². The Kier molecular flexibility index (Phi) is 5.27. The van der Waals surface area contributed by atoms with Gasteiger partial charge in [0.25, 0.3) is 11.7 Å². The maximum Gasteiger partial charge on any atom is 0.288 e. The third kappa shape index (κ3) is 3.99. The molecular formula is C13H10F2N2OS3. The van der Waals surface area contributed by atoms with Crippen molar-refractivity contribution in [2.24, 2.45) is 5.73 Å². The number of hydrogen-bond acceptors (Lipinski definition) is 4. The minimum absolute atomic E-state index is 0.132. The Morgan fingerprint density at radius 2 is 2.10 bits per heavy atom. The number of amides is 1. The number of hydrogen-bond donors (Lipinski definition) is 1. The predicted molar refractivity (Wildman–Crippen MR) is 86.2 cm³/mol. The summed E-state index contributed by atoms with van der Waals surface area (Å²) in [7, 11) is 0. The lowest BCUT2D eigenvalue weighted by atomic mass is 10.3. The molecule has 8 heteroatoms. The molecule has 0 aliphatic rings. The van der Waals surface area contributed by atoms with Crippen LogP contribution in [0.2, 0.25) is 0 Å². The van der Waals surface area contributed by atoms with Gasteiger partial charge in [-0.3, -0.25) is 9.69 Å². The molecule has 2 rings (SSSR count). The van der Waals surface area contributed by atoms with Crippen molar-refractivity contribution in [3.63, 3.8) is 0 Å². The molecular weight excluding hydrogens is 334 g/mol. The second kappa shape index (κ2) is 6.97. The number of thiophene rings is 1. The summed E-state index contributed by atoms with van der Waals surface area (Å²) in [6.07, 6.45) is 0. The second-order valence-corrected chi connectivity index (χ2v) is 6.26. The first-order valence-electron chi connectivity index (χ1n) is 5.71. The first-order chi connectivity index (χ1) is 9.99. The van der Waals surface area contributed by atoms with Gasteiger partial charge in [0.1, 0.15) is 0 Å². The maximum atomic E-state index is 12.4. The Labute approximate surface area is 133 Å². The Bertz CT molecular complexity index is 647. The number of alkyl halides is 2.